The third-order valence-electron chi connectivity index (χ3n) is 4.53. The second-order valence-corrected chi connectivity index (χ2v) is 7.40. The van der Waals surface area contributed by atoms with E-state index in [0.29, 0.717) is 12.0 Å². The summed E-state index contributed by atoms with van der Waals surface area (Å²) in [4.78, 5) is 4.72. The predicted molar refractivity (Wildman–Crippen MR) is 97.2 cm³/mol. The highest BCUT2D eigenvalue weighted by molar-refractivity contribution is 7.13. The lowest BCUT2D eigenvalue weighted by Gasteiger charge is -2.16. The van der Waals surface area contributed by atoms with E-state index in [1.165, 1.54) is 12.8 Å². The predicted octanol–water partition coefficient (Wildman–Crippen LogP) is 4.46. The van der Waals surface area contributed by atoms with E-state index in [-0.39, 0.29) is 0 Å². The highest BCUT2D eigenvalue weighted by atomic mass is 32.1. The van der Waals surface area contributed by atoms with Gasteiger partial charge in [0.1, 0.15) is 5.58 Å². The van der Waals surface area contributed by atoms with Crippen LogP contribution in [0, 0.1) is 5.92 Å². The molecule has 1 N–H and O–H groups in total. The smallest absolute Gasteiger partial charge is 0.164 e. The molecule has 1 saturated heterocycles. The number of furan rings is 1. The van der Waals surface area contributed by atoms with Crippen molar-refractivity contribution >= 4 is 22.3 Å². The molecule has 3 heterocycles. The van der Waals surface area contributed by atoms with Crippen LogP contribution in [0.2, 0.25) is 0 Å². The number of rotatable bonds is 6. The van der Waals surface area contributed by atoms with E-state index in [9.17, 15) is 0 Å². The van der Waals surface area contributed by atoms with E-state index in [1.807, 2.05) is 18.2 Å². The zero-order valence-corrected chi connectivity index (χ0v) is 14.6. The standard InChI is InChI=1S/C19H22N2O2S/c1-13(8-14-6-7-22-11-14)20-10-16-12-24-19(21-16)18-9-15-4-2-3-5-17(15)23-18/h2-5,9,12-14,20H,6-8,10-11H2,1H3. The molecule has 2 unspecified atom stereocenters. The third-order valence-corrected chi connectivity index (χ3v) is 5.44. The quantitative estimate of drug-likeness (QED) is 0.718. The fourth-order valence-electron chi connectivity index (χ4n) is 3.22. The van der Waals surface area contributed by atoms with Crippen molar-refractivity contribution in [1.29, 1.82) is 0 Å². The monoisotopic (exact) mass is 342 g/mol. The Morgan fingerprint density at radius 1 is 1.38 bits per heavy atom. The molecule has 0 radical (unpaired) electrons. The third kappa shape index (κ3) is 3.53. The van der Waals surface area contributed by atoms with E-state index in [2.05, 4.69) is 29.8 Å². The van der Waals surface area contributed by atoms with Gasteiger partial charge in [0.05, 0.1) is 5.69 Å². The first-order chi connectivity index (χ1) is 11.8. The van der Waals surface area contributed by atoms with Gasteiger partial charge in [0.15, 0.2) is 10.8 Å². The lowest BCUT2D eigenvalue weighted by atomic mass is 10.0. The van der Waals surface area contributed by atoms with Gasteiger partial charge in [-0.2, -0.15) is 0 Å². The number of hydrogen-bond acceptors (Lipinski definition) is 5. The summed E-state index contributed by atoms with van der Waals surface area (Å²) >= 11 is 1.64. The van der Waals surface area contributed by atoms with Crippen molar-refractivity contribution in [3.05, 3.63) is 41.4 Å². The zero-order valence-electron chi connectivity index (χ0n) is 13.8. The Kier molecular flexibility index (Phi) is 4.65. The number of thiazole rings is 1. The highest BCUT2D eigenvalue weighted by Crippen LogP contribution is 2.30. The van der Waals surface area contributed by atoms with Crippen LogP contribution in [0.1, 0.15) is 25.5 Å². The molecule has 0 aliphatic carbocycles. The molecule has 24 heavy (non-hydrogen) atoms. The second kappa shape index (κ2) is 7.05. The fraction of sp³-hybridized carbons (Fsp3) is 0.421. The number of para-hydroxylation sites is 1. The number of hydrogen-bond donors (Lipinski definition) is 1. The number of nitrogens with zero attached hydrogens (tertiary/aromatic N) is 1. The van der Waals surface area contributed by atoms with Crippen LogP contribution in [-0.4, -0.2) is 24.2 Å². The summed E-state index contributed by atoms with van der Waals surface area (Å²) in [7, 11) is 0. The molecule has 4 nitrogen and oxygen atoms in total. The minimum absolute atomic E-state index is 0.480. The van der Waals surface area contributed by atoms with Crippen molar-refractivity contribution in [1.82, 2.24) is 10.3 Å². The molecule has 0 amide bonds. The van der Waals surface area contributed by atoms with Gasteiger partial charge < -0.3 is 14.5 Å². The van der Waals surface area contributed by atoms with Crippen LogP contribution in [0.25, 0.3) is 21.7 Å². The van der Waals surface area contributed by atoms with Crippen LogP contribution in [0.5, 0.6) is 0 Å². The maximum absolute atomic E-state index is 5.90. The summed E-state index contributed by atoms with van der Waals surface area (Å²) < 4.78 is 11.3. The molecular formula is C19H22N2O2S. The molecule has 1 aliphatic heterocycles. The van der Waals surface area contributed by atoms with Crippen LogP contribution in [-0.2, 0) is 11.3 Å². The normalized spacial score (nSPS) is 19.1. The van der Waals surface area contributed by atoms with Crippen molar-refractivity contribution in [2.75, 3.05) is 13.2 Å². The Balaban J connectivity index is 1.37. The largest absolute Gasteiger partial charge is 0.454 e. The van der Waals surface area contributed by atoms with Gasteiger partial charge in [-0.3, -0.25) is 0 Å². The average Bonchev–Trinajstić information content (AvgIpc) is 3.32. The SMILES string of the molecule is CC(CC1CCOC1)NCc1csc(-c2cc3ccccc3o2)n1. The Bertz CT molecular complexity index is 771. The van der Waals surface area contributed by atoms with Gasteiger partial charge in [-0.1, -0.05) is 18.2 Å². The topological polar surface area (TPSA) is 47.3 Å². The Morgan fingerprint density at radius 3 is 3.12 bits per heavy atom. The van der Waals surface area contributed by atoms with E-state index in [1.54, 1.807) is 11.3 Å². The number of ether oxygens (including phenoxy) is 1. The molecule has 0 spiro atoms. The molecule has 1 fully saturated rings. The average molecular weight is 342 g/mol. The van der Waals surface area contributed by atoms with Gasteiger partial charge in [-0.05, 0) is 37.8 Å². The van der Waals surface area contributed by atoms with Gasteiger partial charge in [0.25, 0.3) is 0 Å². The minimum atomic E-state index is 0.480. The molecule has 0 bridgehead atoms. The maximum Gasteiger partial charge on any atom is 0.164 e. The van der Waals surface area contributed by atoms with E-state index >= 15 is 0 Å². The van der Waals surface area contributed by atoms with Gasteiger partial charge in [0.2, 0.25) is 0 Å². The Hall–Kier alpha value is -1.69. The second-order valence-electron chi connectivity index (χ2n) is 6.54. The molecule has 5 heteroatoms. The minimum Gasteiger partial charge on any atom is -0.454 e. The number of aromatic nitrogens is 1. The molecule has 4 rings (SSSR count). The van der Waals surface area contributed by atoms with Crippen LogP contribution in [0.3, 0.4) is 0 Å². The summed E-state index contributed by atoms with van der Waals surface area (Å²) in [5.41, 5.74) is 1.99. The summed E-state index contributed by atoms with van der Waals surface area (Å²) in [6.07, 6.45) is 2.36. The molecule has 1 aliphatic rings. The molecule has 0 saturated carbocycles. The summed E-state index contributed by atoms with van der Waals surface area (Å²) in [5, 5.41) is 7.75. The van der Waals surface area contributed by atoms with Gasteiger partial charge in [-0.25, -0.2) is 4.98 Å². The van der Waals surface area contributed by atoms with Crippen molar-refractivity contribution in [3.63, 3.8) is 0 Å². The maximum atomic E-state index is 5.90. The van der Waals surface area contributed by atoms with Crippen LogP contribution in [0.15, 0.2) is 40.1 Å². The molecule has 1 aromatic carbocycles. The molecule has 3 aromatic rings. The summed E-state index contributed by atoms with van der Waals surface area (Å²) in [6, 6.07) is 10.6. The highest BCUT2D eigenvalue weighted by Gasteiger charge is 2.18. The Labute approximate surface area is 145 Å². The molecule has 2 atom stereocenters. The van der Waals surface area contributed by atoms with E-state index in [4.69, 9.17) is 14.1 Å². The van der Waals surface area contributed by atoms with Crippen LogP contribution in [0.4, 0.5) is 0 Å². The first kappa shape index (κ1) is 15.8. The first-order valence-corrected chi connectivity index (χ1v) is 9.40. The number of benzene rings is 1. The van der Waals surface area contributed by atoms with Crippen molar-refractivity contribution < 1.29 is 9.15 Å². The van der Waals surface area contributed by atoms with Crippen molar-refractivity contribution in [2.24, 2.45) is 5.92 Å². The number of fused-ring (bicyclic) bond motifs is 1. The van der Waals surface area contributed by atoms with Crippen LogP contribution >= 0.6 is 11.3 Å². The summed E-state index contributed by atoms with van der Waals surface area (Å²) in [5.74, 6) is 1.55. The summed E-state index contributed by atoms with van der Waals surface area (Å²) in [6.45, 7) is 4.87. The first-order valence-electron chi connectivity index (χ1n) is 8.52. The van der Waals surface area contributed by atoms with E-state index < -0.39 is 0 Å². The van der Waals surface area contributed by atoms with Crippen molar-refractivity contribution in [3.8, 4) is 10.8 Å². The lowest BCUT2D eigenvalue weighted by Crippen LogP contribution is -2.28. The molecule has 2 aromatic heterocycles. The zero-order chi connectivity index (χ0) is 16.4. The lowest BCUT2D eigenvalue weighted by molar-refractivity contribution is 0.182. The fourth-order valence-corrected chi connectivity index (χ4v) is 3.99. The van der Waals surface area contributed by atoms with Crippen molar-refractivity contribution in [2.45, 2.75) is 32.4 Å². The number of nitrogens with one attached hydrogen (secondary N) is 1. The molecular weight excluding hydrogens is 320 g/mol. The van der Waals surface area contributed by atoms with Crippen LogP contribution < -0.4 is 5.32 Å². The molecule has 126 valence electrons. The van der Waals surface area contributed by atoms with Gasteiger partial charge >= 0.3 is 0 Å². The van der Waals surface area contributed by atoms with E-state index in [0.717, 1.165) is 47.2 Å². The van der Waals surface area contributed by atoms with Gasteiger partial charge in [0, 0.05) is 36.6 Å². The Morgan fingerprint density at radius 2 is 2.29 bits per heavy atom. The van der Waals surface area contributed by atoms with Gasteiger partial charge in [-0.15, -0.1) is 11.3 Å².